The van der Waals surface area contributed by atoms with Crippen LogP contribution in [0.4, 0.5) is 0 Å². The molecule has 0 radical (unpaired) electrons. The zero-order valence-electron chi connectivity index (χ0n) is 12.1. The average Bonchev–Trinajstić information content (AvgIpc) is 2.36. The Labute approximate surface area is 107 Å². The van der Waals surface area contributed by atoms with E-state index in [9.17, 15) is 4.79 Å². The zero-order valence-corrected chi connectivity index (χ0v) is 12.1. The fraction of sp³-hybridized carbons (Fsp3) is 0.929. The van der Waals surface area contributed by atoms with Gasteiger partial charge in [-0.2, -0.15) is 0 Å². The molecular weight excluding hydrogens is 212 g/mol. The Morgan fingerprint density at radius 2 is 1.53 bits per heavy atom. The first-order chi connectivity index (χ1) is 8.16. The molecule has 0 unspecified atom stereocenters. The number of carbonyl (C=O) groups is 1. The molecule has 0 rings (SSSR count). The van der Waals surface area contributed by atoms with Crippen LogP contribution in [-0.4, -0.2) is 12.5 Å². The van der Waals surface area contributed by atoms with Crippen molar-refractivity contribution in [1.82, 2.24) is 10.9 Å². The third-order valence-electron chi connectivity index (χ3n) is 3.87. The van der Waals surface area contributed by atoms with E-state index in [2.05, 4.69) is 38.5 Å². The molecule has 3 nitrogen and oxygen atoms in total. The van der Waals surface area contributed by atoms with Crippen LogP contribution in [0.25, 0.3) is 0 Å². The second-order valence-corrected chi connectivity index (χ2v) is 4.78. The number of nitrogens with one attached hydrogen (secondary N) is 2. The van der Waals surface area contributed by atoms with Gasteiger partial charge >= 0.3 is 0 Å². The number of hydrogen-bond acceptors (Lipinski definition) is 2. The summed E-state index contributed by atoms with van der Waals surface area (Å²) in [6.45, 7) is 9.35. The highest BCUT2D eigenvalue weighted by atomic mass is 16.2. The van der Waals surface area contributed by atoms with Crippen LogP contribution >= 0.6 is 0 Å². The van der Waals surface area contributed by atoms with Gasteiger partial charge in [0.2, 0.25) is 5.91 Å². The van der Waals surface area contributed by atoms with Crippen LogP contribution < -0.4 is 10.9 Å². The van der Waals surface area contributed by atoms with Crippen molar-refractivity contribution < 1.29 is 4.79 Å². The van der Waals surface area contributed by atoms with Crippen LogP contribution in [0.15, 0.2) is 0 Å². The van der Waals surface area contributed by atoms with Gasteiger partial charge in [0, 0.05) is 12.0 Å². The minimum Gasteiger partial charge on any atom is -0.291 e. The van der Waals surface area contributed by atoms with Gasteiger partial charge in [0.25, 0.3) is 0 Å². The third-order valence-corrected chi connectivity index (χ3v) is 3.87. The molecule has 1 amide bonds. The Morgan fingerprint density at radius 3 is 2.00 bits per heavy atom. The summed E-state index contributed by atoms with van der Waals surface area (Å²) in [5.41, 5.74) is 5.73. The maximum atomic E-state index is 12.1. The quantitative estimate of drug-likeness (QED) is 0.455. The summed E-state index contributed by atoms with van der Waals surface area (Å²) >= 11 is 0. The summed E-state index contributed by atoms with van der Waals surface area (Å²) in [6, 6.07) is 0. The number of amides is 1. The van der Waals surface area contributed by atoms with Crippen LogP contribution in [0.3, 0.4) is 0 Å². The predicted octanol–water partition coefficient (Wildman–Crippen LogP) is 3.40. The van der Waals surface area contributed by atoms with E-state index in [1.165, 1.54) is 19.3 Å². The molecule has 0 heterocycles. The first-order valence-electron chi connectivity index (χ1n) is 7.20. The first kappa shape index (κ1) is 16.4. The first-order valence-corrected chi connectivity index (χ1v) is 7.20. The number of hydrogen-bond donors (Lipinski definition) is 2. The van der Waals surface area contributed by atoms with E-state index in [-0.39, 0.29) is 11.3 Å². The van der Waals surface area contributed by atoms with Gasteiger partial charge in [-0.15, -0.1) is 0 Å². The SMILES string of the molecule is CCCCCCNNC(=O)C(CC)(CC)CC. The summed E-state index contributed by atoms with van der Waals surface area (Å²) < 4.78 is 0. The minimum atomic E-state index is -0.184. The molecule has 0 aliphatic carbocycles. The monoisotopic (exact) mass is 242 g/mol. The largest absolute Gasteiger partial charge is 0.291 e. The second-order valence-electron chi connectivity index (χ2n) is 4.78. The molecule has 0 saturated carbocycles. The normalized spacial score (nSPS) is 11.5. The Morgan fingerprint density at radius 1 is 0.941 bits per heavy atom. The maximum absolute atomic E-state index is 12.1. The lowest BCUT2D eigenvalue weighted by atomic mass is 9.79. The maximum Gasteiger partial charge on any atom is 0.240 e. The third kappa shape index (κ3) is 5.53. The lowest BCUT2D eigenvalue weighted by molar-refractivity contribution is -0.132. The van der Waals surface area contributed by atoms with Gasteiger partial charge in [0.1, 0.15) is 0 Å². The summed E-state index contributed by atoms with van der Waals surface area (Å²) in [4.78, 5) is 12.1. The average molecular weight is 242 g/mol. The van der Waals surface area contributed by atoms with E-state index in [0.717, 1.165) is 32.2 Å². The lowest BCUT2D eigenvalue weighted by Crippen LogP contribution is -2.47. The summed E-state index contributed by atoms with van der Waals surface area (Å²) in [5.74, 6) is 0.153. The molecular formula is C14H30N2O. The van der Waals surface area contributed by atoms with Crippen molar-refractivity contribution in [2.45, 2.75) is 72.6 Å². The lowest BCUT2D eigenvalue weighted by Gasteiger charge is -2.28. The van der Waals surface area contributed by atoms with Crippen molar-refractivity contribution in [2.24, 2.45) is 5.41 Å². The molecule has 0 atom stereocenters. The smallest absolute Gasteiger partial charge is 0.240 e. The molecule has 0 saturated heterocycles. The van der Waals surface area contributed by atoms with Gasteiger partial charge in [-0.05, 0) is 25.7 Å². The molecule has 0 fully saturated rings. The van der Waals surface area contributed by atoms with Crippen LogP contribution in [0.1, 0.15) is 72.6 Å². The summed E-state index contributed by atoms with van der Waals surface area (Å²) in [5, 5.41) is 0. The fourth-order valence-electron chi connectivity index (χ4n) is 2.15. The van der Waals surface area contributed by atoms with Crippen molar-refractivity contribution >= 4 is 5.91 Å². The van der Waals surface area contributed by atoms with E-state index < -0.39 is 0 Å². The number of unbranched alkanes of at least 4 members (excludes halogenated alkanes) is 3. The van der Waals surface area contributed by atoms with Crippen LogP contribution in [-0.2, 0) is 4.79 Å². The molecule has 0 aromatic heterocycles. The van der Waals surface area contributed by atoms with Gasteiger partial charge in [0.15, 0.2) is 0 Å². The molecule has 0 aromatic carbocycles. The minimum absolute atomic E-state index is 0.153. The number of rotatable bonds is 10. The molecule has 17 heavy (non-hydrogen) atoms. The molecule has 102 valence electrons. The molecule has 0 bridgehead atoms. The van der Waals surface area contributed by atoms with Gasteiger partial charge in [-0.1, -0.05) is 47.0 Å². The standard InChI is InChI=1S/C14H30N2O/c1-5-9-10-11-12-15-16-13(17)14(6-2,7-3)8-4/h15H,5-12H2,1-4H3,(H,16,17). The Hall–Kier alpha value is -0.570. The zero-order chi connectivity index (χ0) is 13.1. The Bertz CT molecular complexity index is 192. The van der Waals surface area contributed by atoms with Crippen molar-refractivity contribution in [3.63, 3.8) is 0 Å². The van der Waals surface area contributed by atoms with Crippen molar-refractivity contribution in [1.29, 1.82) is 0 Å². The summed E-state index contributed by atoms with van der Waals surface area (Å²) in [7, 11) is 0. The Balaban J connectivity index is 3.83. The molecule has 0 aromatic rings. The second kappa shape index (κ2) is 9.46. The number of carbonyl (C=O) groups excluding carboxylic acids is 1. The molecule has 3 heteroatoms. The van der Waals surface area contributed by atoms with E-state index >= 15 is 0 Å². The van der Waals surface area contributed by atoms with Crippen LogP contribution in [0.2, 0.25) is 0 Å². The topological polar surface area (TPSA) is 41.1 Å². The van der Waals surface area contributed by atoms with Gasteiger partial charge in [0.05, 0.1) is 0 Å². The highest BCUT2D eigenvalue weighted by Crippen LogP contribution is 2.30. The highest BCUT2D eigenvalue weighted by Gasteiger charge is 2.32. The number of hydrazine groups is 1. The van der Waals surface area contributed by atoms with E-state index in [0.29, 0.717) is 0 Å². The summed E-state index contributed by atoms with van der Waals surface area (Å²) in [6.07, 6.45) is 7.61. The van der Waals surface area contributed by atoms with Crippen LogP contribution in [0, 0.1) is 5.41 Å². The molecule has 2 N–H and O–H groups in total. The molecule has 0 spiro atoms. The van der Waals surface area contributed by atoms with Crippen molar-refractivity contribution in [3.8, 4) is 0 Å². The van der Waals surface area contributed by atoms with E-state index in [4.69, 9.17) is 0 Å². The van der Waals surface area contributed by atoms with E-state index in [1.807, 2.05) is 0 Å². The van der Waals surface area contributed by atoms with Gasteiger partial charge in [-0.25, -0.2) is 5.43 Å². The van der Waals surface area contributed by atoms with Gasteiger partial charge in [-0.3, -0.25) is 10.2 Å². The van der Waals surface area contributed by atoms with E-state index in [1.54, 1.807) is 0 Å². The van der Waals surface area contributed by atoms with Crippen molar-refractivity contribution in [2.75, 3.05) is 6.54 Å². The molecule has 0 aliphatic heterocycles. The predicted molar refractivity (Wildman–Crippen MR) is 73.6 cm³/mol. The van der Waals surface area contributed by atoms with Crippen LogP contribution in [0.5, 0.6) is 0 Å². The Kier molecular flexibility index (Phi) is 9.14. The highest BCUT2D eigenvalue weighted by molar-refractivity contribution is 5.81. The molecule has 0 aliphatic rings. The van der Waals surface area contributed by atoms with Crippen molar-refractivity contribution in [3.05, 3.63) is 0 Å². The fourth-order valence-corrected chi connectivity index (χ4v) is 2.15. The van der Waals surface area contributed by atoms with Gasteiger partial charge < -0.3 is 0 Å².